The average molecular weight is 260 g/mol. The van der Waals surface area contributed by atoms with Crippen LogP contribution in [0.3, 0.4) is 0 Å². The molecule has 19 heavy (non-hydrogen) atoms. The number of morpholine rings is 1. The van der Waals surface area contributed by atoms with Crippen molar-refractivity contribution in [3.8, 4) is 0 Å². The lowest BCUT2D eigenvalue weighted by molar-refractivity contribution is -0.923. The average Bonchev–Trinajstić information content (AvgIpc) is 2.46. The van der Waals surface area contributed by atoms with E-state index in [0.29, 0.717) is 0 Å². The molecule has 1 aromatic carbocycles. The van der Waals surface area contributed by atoms with Gasteiger partial charge in [-0.3, -0.25) is 0 Å². The molecule has 3 rings (SSSR count). The predicted molar refractivity (Wildman–Crippen MR) is 76.9 cm³/mol. The molecule has 1 fully saturated rings. The SMILES string of the molecule is C[N+]1(CC[N+]2=Cc3ccccc3CC2)CCOCC1. The third-order valence-electron chi connectivity index (χ3n) is 4.52. The van der Waals surface area contributed by atoms with Gasteiger partial charge in [0, 0.05) is 12.0 Å². The number of benzene rings is 1. The Morgan fingerprint density at radius 1 is 1.21 bits per heavy atom. The monoisotopic (exact) mass is 260 g/mol. The molecule has 0 spiro atoms. The molecule has 2 aliphatic heterocycles. The van der Waals surface area contributed by atoms with Gasteiger partial charge in [0.25, 0.3) is 0 Å². The highest BCUT2D eigenvalue weighted by atomic mass is 16.5. The van der Waals surface area contributed by atoms with Crippen molar-refractivity contribution in [3.05, 3.63) is 35.4 Å². The molecule has 0 radical (unpaired) electrons. The summed E-state index contributed by atoms with van der Waals surface area (Å²) in [6.45, 7) is 7.70. The van der Waals surface area contributed by atoms with E-state index in [9.17, 15) is 0 Å². The first-order valence-electron chi connectivity index (χ1n) is 7.33. The van der Waals surface area contributed by atoms with Crippen LogP contribution < -0.4 is 0 Å². The number of fused-ring (bicyclic) bond motifs is 1. The number of hydrogen-bond donors (Lipinski definition) is 0. The molecular weight excluding hydrogens is 236 g/mol. The van der Waals surface area contributed by atoms with Crippen molar-refractivity contribution in [3.63, 3.8) is 0 Å². The summed E-state index contributed by atoms with van der Waals surface area (Å²) in [6, 6.07) is 8.75. The Hall–Kier alpha value is -1.19. The van der Waals surface area contributed by atoms with Crippen LogP contribution in [0.2, 0.25) is 0 Å². The highest BCUT2D eigenvalue weighted by Crippen LogP contribution is 2.12. The zero-order chi connectivity index (χ0) is 13.1. The van der Waals surface area contributed by atoms with Crippen LogP contribution in [0.1, 0.15) is 11.1 Å². The van der Waals surface area contributed by atoms with Crippen molar-refractivity contribution in [2.75, 3.05) is 53.0 Å². The summed E-state index contributed by atoms with van der Waals surface area (Å²) >= 11 is 0. The van der Waals surface area contributed by atoms with E-state index in [1.54, 1.807) is 0 Å². The minimum atomic E-state index is 0.920. The van der Waals surface area contributed by atoms with E-state index in [2.05, 4.69) is 42.1 Å². The first-order valence-corrected chi connectivity index (χ1v) is 7.33. The Balaban J connectivity index is 1.63. The minimum absolute atomic E-state index is 0.920. The maximum Gasteiger partial charge on any atom is 0.191 e. The first-order chi connectivity index (χ1) is 9.25. The summed E-state index contributed by atoms with van der Waals surface area (Å²) in [5.74, 6) is 0. The van der Waals surface area contributed by atoms with Gasteiger partial charge < -0.3 is 9.22 Å². The molecule has 0 N–H and O–H groups in total. The lowest BCUT2D eigenvalue weighted by Crippen LogP contribution is -2.54. The van der Waals surface area contributed by atoms with Gasteiger partial charge in [-0.05, 0) is 11.6 Å². The summed E-state index contributed by atoms with van der Waals surface area (Å²) in [5, 5.41) is 0. The van der Waals surface area contributed by atoms with Gasteiger partial charge in [0.05, 0.1) is 20.3 Å². The molecule has 3 nitrogen and oxygen atoms in total. The van der Waals surface area contributed by atoms with Gasteiger partial charge in [0.2, 0.25) is 0 Å². The molecule has 1 aromatic rings. The first kappa shape index (κ1) is 12.8. The van der Waals surface area contributed by atoms with Gasteiger partial charge in [0.1, 0.15) is 26.2 Å². The molecule has 102 valence electrons. The quantitative estimate of drug-likeness (QED) is 0.586. The fourth-order valence-electron chi connectivity index (χ4n) is 2.97. The molecule has 3 heteroatoms. The standard InChI is InChI=1S/C16H24N2O/c1-18(10-12-19-13-11-18)9-8-17-7-6-15-4-2-3-5-16(15)14-17/h2-5,14H,6-13H2,1H3/q+2. The summed E-state index contributed by atoms with van der Waals surface area (Å²) in [7, 11) is 2.36. The van der Waals surface area contributed by atoms with E-state index in [0.717, 1.165) is 43.9 Å². The van der Waals surface area contributed by atoms with Crippen molar-refractivity contribution in [1.82, 2.24) is 0 Å². The van der Waals surface area contributed by atoms with E-state index in [-0.39, 0.29) is 0 Å². The molecule has 0 aromatic heterocycles. The van der Waals surface area contributed by atoms with E-state index in [1.807, 2.05) is 0 Å². The van der Waals surface area contributed by atoms with Crippen molar-refractivity contribution >= 4 is 6.21 Å². The summed E-state index contributed by atoms with van der Waals surface area (Å²) in [5.41, 5.74) is 2.89. The second kappa shape index (κ2) is 5.43. The zero-order valence-corrected chi connectivity index (χ0v) is 11.8. The maximum atomic E-state index is 5.47. The number of nitrogens with zero attached hydrogens (tertiary/aromatic N) is 2. The predicted octanol–water partition coefficient (Wildman–Crippen LogP) is 1.15. The Morgan fingerprint density at radius 2 is 2.00 bits per heavy atom. The molecule has 0 aliphatic carbocycles. The fourth-order valence-corrected chi connectivity index (χ4v) is 2.97. The molecule has 0 unspecified atom stereocenters. The fraction of sp³-hybridized carbons (Fsp3) is 0.562. The third-order valence-corrected chi connectivity index (χ3v) is 4.52. The highest BCUT2D eigenvalue weighted by molar-refractivity contribution is 5.78. The van der Waals surface area contributed by atoms with Crippen LogP contribution in [-0.2, 0) is 11.2 Å². The number of ether oxygens (including phenoxy) is 1. The van der Waals surface area contributed by atoms with Crippen molar-refractivity contribution in [2.24, 2.45) is 0 Å². The molecule has 0 bridgehead atoms. The Bertz CT molecular complexity index is 475. The minimum Gasteiger partial charge on any atom is -0.370 e. The van der Waals surface area contributed by atoms with E-state index < -0.39 is 0 Å². The van der Waals surface area contributed by atoms with E-state index >= 15 is 0 Å². The van der Waals surface area contributed by atoms with Crippen LogP contribution in [0, 0.1) is 0 Å². The summed E-state index contributed by atoms with van der Waals surface area (Å²) in [6.07, 6.45) is 3.52. The number of likely N-dealkylation sites (N-methyl/N-ethyl adjacent to an activating group) is 1. The molecule has 1 saturated heterocycles. The molecule has 0 atom stereocenters. The van der Waals surface area contributed by atoms with Crippen LogP contribution >= 0.6 is 0 Å². The van der Waals surface area contributed by atoms with Crippen LogP contribution in [0.5, 0.6) is 0 Å². The van der Waals surface area contributed by atoms with Gasteiger partial charge in [-0.2, -0.15) is 0 Å². The van der Waals surface area contributed by atoms with Gasteiger partial charge in [-0.25, -0.2) is 4.58 Å². The van der Waals surface area contributed by atoms with Crippen molar-refractivity contribution in [1.29, 1.82) is 0 Å². The number of quaternary nitrogens is 1. The van der Waals surface area contributed by atoms with Crippen LogP contribution in [-0.4, -0.2) is 68.3 Å². The van der Waals surface area contributed by atoms with Crippen molar-refractivity contribution in [2.45, 2.75) is 6.42 Å². The van der Waals surface area contributed by atoms with Gasteiger partial charge in [-0.1, -0.05) is 18.2 Å². The van der Waals surface area contributed by atoms with Crippen LogP contribution in [0.25, 0.3) is 0 Å². The molecule has 2 aliphatic rings. The Labute approximate surface area is 115 Å². The lowest BCUT2D eigenvalue weighted by Gasteiger charge is -2.36. The third kappa shape index (κ3) is 3.04. The van der Waals surface area contributed by atoms with Gasteiger partial charge in [-0.15, -0.1) is 0 Å². The topological polar surface area (TPSA) is 12.2 Å². The van der Waals surface area contributed by atoms with Crippen molar-refractivity contribution < 1.29 is 13.8 Å². The lowest BCUT2D eigenvalue weighted by atomic mass is 10.0. The normalized spacial score (nSPS) is 21.6. The molecule has 0 saturated carbocycles. The van der Waals surface area contributed by atoms with E-state index in [1.165, 1.54) is 24.1 Å². The molecule has 2 heterocycles. The Kier molecular flexibility index (Phi) is 3.67. The summed E-state index contributed by atoms with van der Waals surface area (Å²) < 4.78 is 9.11. The second-order valence-electron chi connectivity index (χ2n) is 6.02. The molecular formula is C16H24N2O+2. The van der Waals surface area contributed by atoms with E-state index in [4.69, 9.17) is 4.74 Å². The maximum absolute atomic E-state index is 5.47. The number of rotatable bonds is 3. The second-order valence-corrected chi connectivity index (χ2v) is 6.02. The zero-order valence-electron chi connectivity index (χ0n) is 11.8. The number of hydrogen-bond acceptors (Lipinski definition) is 1. The van der Waals surface area contributed by atoms with Crippen LogP contribution in [0.4, 0.5) is 0 Å². The van der Waals surface area contributed by atoms with Gasteiger partial charge >= 0.3 is 0 Å². The van der Waals surface area contributed by atoms with Gasteiger partial charge in [0.15, 0.2) is 12.8 Å². The smallest absolute Gasteiger partial charge is 0.191 e. The largest absolute Gasteiger partial charge is 0.370 e. The Morgan fingerprint density at radius 3 is 2.84 bits per heavy atom. The summed E-state index contributed by atoms with van der Waals surface area (Å²) in [4.78, 5) is 0. The van der Waals surface area contributed by atoms with Crippen LogP contribution in [0.15, 0.2) is 24.3 Å². The highest BCUT2D eigenvalue weighted by Gasteiger charge is 2.27. The molecule has 0 amide bonds.